The topological polar surface area (TPSA) is 36.4 Å². The molecule has 0 spiro atoms. The van der Waals surface area contributed by atoms with Crippen molar-refractivity contribution in [3.63, 3.8) is 0 Å². The minimum atomic E-state index is -0.0201. The predicted molar refractivity (Wildman–Crippen MR) is 133 cm³/mol. The third-order valence-electron chi connectivity index (χ3n) is 5.61. The Morgan fingerprint density at radius 3 is 2.81 bits per heavy atom. The zero-order chi connectivity index (χ0) is 22.1. The molecule has 1 saturated heterocycles. The van der Waals surface area contributed by atoms with E-state index in [0.717, 1.165) is 28.3 Å². The van der Waals surface area contributed by atoms with Crippen LogP contribution in [0.25, 0.3) is 0 Å². The third kappa shape index (κ3) is 4.71. The van der Waals surface area contributed by atoms with E-state index in [1.165, 1.54) is 17.5 Å². The molecule has 3 heterocycles. The Labute approximate surface area is 198 Å². The molecule has 4 rings (SSSR count). The van der Waals surface area contributed by atoms with Crippen LogP contribution < -0.4 is 4.90 Å². The van der Waals surface area contributed by atoms with Crippen LogP contribution in [-0.2, 0) is 11.3 Å². The first-order valence-corrected chi connectivity index (χ1v) is 11.8. The standard InChI is InChI=1S/C24H24ClN3OS2/c1-15-9-20(6-7-21(15)25)28-16(2)10-19(11-17(28)3)12-22-23(29)27(24(30)31-22)14-18-5-4-8-26-13-18/h4-10,12-13,17,19H,11,14H2,1-3H3/b22-12-. The Bertz CT molecular complexity index is 1080. The molecule has 1 aromatic heterocycles. The van der Waals surface area contributed by atoms with Crippen LogP contribution in [0.1, 0.15) is 31.4 Å². The molecule has 2 aliphatic heterocycles. The maximum atomic E-state index is 13.0. The zero-order valence-corrected chi connectivity index (χ0v) is 20.1. The van der Waals surface area contributed by atoms with Gasteiger partial charge >= 0.3 is 0 Å². The van der Waals surface area contributed by atoms with Crippen molar-refractivity contribution in [1.82, 2.24) is 9.88 Å². The summed E-state index contributed by atoms with van der Waals surface area (Å²) in [6, 6.07) is 10.3. The number of hydrogen-bond acceptors (Lipinski definition) is 5. The van der Waals surface area contributed by atoms with Crippen molar-refractivity contribution in [3.05, 3.63) is 81.6 Å². The van der Waals surface area contributed by atoms with Crippen molar-refractivity contribution in [2.75, 3.05) is 4.90 Å². The van der Waals surface area contributed by atoms with Gasteiger partial charge in [0.2, 0.25) is 0 Å². The second kappa shape index (κ2) is 9.15. The molecule has 2 aliphatic rings. The van der Waals surface area contributed by atoms with Gasteiger partial charge in [-0.25, -0.2) is 0 Å². The van der Waals surface area contributed by atoms with E-state index in [2.05, 4.69) is 48.0 Å². The van der Waals surface area contributed by atoms with Gasteiger partial charge in [-0.2, -0.15) is 0 Å². The average molecular weight is 470 g/mol. The molecule has 4 nitrogen and oxygen atoms in total. The highest BCUT2D eigenvalue weighted by Crippen LogP contribution is 2.37. The number of benzene rings is 1. The SMILES string of the molecule is CC1=CC(/C=C2\SC(=S)N(Cc3cccnc3)C2=O)CC(C)N1c1ccc(Cl)c(C)c1. The molecule has 160 valence electrons. The molecule has 1 fully saturated rings. The minimum Gasteiger partial charge on any atom is -0.343 e. The Morgan fingerprint density at radius 1 is 1.32 bits per heavy atom. The molecule has 2 aromatic rings. The Balaban J connectivity index is 1.53. The third-order valence-corrected chi connectivity index (χ3v) is 7.43. The number of carbonyl (C=O) groups is 1. The van der Waals surface area contributed by atoms with E-state index in [-0.39, 0.29) is 11.8 Å². The van der Waals surface area contributed by atoms with Gasteiger partial charge in [0.1, 0.15) is 4.32 Å². The van der Waals surface area contributed by atoms with Crippen LogP contribution >= 0.6 is 35.6 Å². The molecule has 2 unspecified atom stereocenters. The highest BCUT2D eigenvalue weighted by Gasteiger charge is 2.33. The molecular formula is C24H24ClN3OS2. The fourth-order valence-corrected chi connectivity index (χ4v) is 5.60. The van der Waals surface area contributed by atoms with Crippen molar-refractivity contribution >= 4 is 51.5 Å². The molecule has 0 saturated carbocycles. The number of aromatic nitrogens is 1. The highest BCUT2D eigenvalue weighted by atomic mass is 35.5. The van der Waals surface area contributed by atoms with E-state index >= 15 is 0 Å². The van der Waals surface area contributed by atoms with Crippen LogP contribution in [-0.4, -0.2) is 26.2 Å². The number of nitrogens with zero attached hydrogens (tertiary/aromatic N) is 3. The zero-order valence-electron chi connectivity index (χ0n) is 17.7. The van der Waals surface area contributed by atoms with Crippen LogP contribution in [0.3, 0.4) is 0 Å². The minimum absolute atomic E-state index is 0.0201. The lowest BCUT2D eigenvalue weighted by Crippen LogP contribution is -2.36. The van der Waals surface area contributed by atoms with Gasteiger partial charge in [-0.05, 0) is 62.6 Å². The van der Waals surface area contributed by atoms with Crippen molar-refractivity contribution < 1.29 is 4.79 Å². The van der Waals surface area contributed by atoms with Gasteiger partial charge in [0.15, 0.2) is 0 Å². The first-order chi connectivity index (χ1) is 14.8. The molecule has 2 atom stereocenters. The van der Waals surface area contributed by atoms with Gasteiger partial charge in [0.05, 0.1) is 11.4 Å². The number of halogens is 1. The van der Waals surface area contributed by atoms with Crippen LogP contribution in [0, 0.1) is 12.8 Å². The number of aryl methyl sites for hydroxylation is 1. The van der Waals surface area contributed by atoms with Gasteiger partial charge in [0.25, 0.3) is 5.91 Å². The molecule has 1 amide bonds. The molecule has 1 aromatic carbocycles. The van der Waals surface area contributed by atoms with Crippen LogP contribution in [0.2, 0.25) is 5.02 Å². The predicted octanol–water partition coefficient (Wildman–Crippen LogP) is 6.11. The van der Waals surface area contributed by atoms with Crippen LogP contribution in [0.15, 0.2) is 65.5 Å². The number of anilines is 1. The van der Waals surface area contributed by atoms with Crippen molar-refractivity contribution in [2.24, 2.45) is 5.92 Å². The summed E-state index contributed by atoms with van der Waals surface area (Å²) in [5.41, 5.74) is 4.35. The first-order valence-electron chi connectivity index (χ1n) is 10.2. The summed E-state index contributed by atoms with van der Waals surface area (Å²) in [5, 5.41) is 0.779. The lowest BCUT2D eigenvalue weighted by molar-refractivity contribution is -0.122. The van der Waals surface area contributed by atoms with E-state index in [0.29, 0.717) is 21.8 Å². The van der Waals surface area contributed by atoms with Gasteiger partial charge in [-0.3, -0.25) is 14.7 Å². The number of allylic oxidation sites excluding steroid dienone is 3. The molecule has 0 N–H and O–H groups in total. The van der Waals surface area contributed by atoms with Crippen molar-refractivity contribution in [3.8, 4) is 0 Å². The number of hydrogen-bond donors (Lipinski definition) is 0. The lowest BCUT2D eigenvalue weighted by atomic mass is 9.92. The van der Waals surface area contributed by atoms with E-state index in [9.17, 15) is 4.79 Å². The Morgan fingerprint density at radius 2 is 2.13 bits per heavy atom. The number of rotatable bonds is 4. The summed E-state index contributed by atoms with van der Waals surface area (Å²) in [7, 11) is 0. The van der Waals surface area contributed by atoms with Gasteiger partial charge in [0, 0.05) is 40.8 Å². The summed E-state index contributed by atoms with van der Waals surface area (Å²) < 4.78 is 0.600. The maximum absolute atomic E-state index is 13.0. The summed E-state index contributed by atoms with van der Waals surface area (Å²) in [6.07, 6.45) is 8.72. The fourth-order valence-electron chi connectivity index (χ4n) is 4.18. The van der Waals surface area contributed by atoms with Gasteiger partial charge < -0.3 is 4.90 Å². The lowest BCUT2D eigenvalue weighted by Gasteiger charge is -2.38. The second-order valence-corrected chi connectivity index (χ2v) is 10.1. The molecule has 7 heteroatoms. The van der Waals surface area contributed by atoms with Gasteiger partial charge in [-0.1, -0.05) is 53.8 Å². The van der Waals surface area contributed by atoms with E-state index < -0.39 is 0 Å². The second-order valence-electron chi connectivity index (χ2n) is 8.01. The summed E-state index contributed by atoms with van der Waals surface area (Å²) >= 11 is 13.1. The Hall–Kier alpha value is -2.15. The van der Waals surface area contributed by atoms with E-state index in [1.54, 1.807) is 17.3 Å². The summed E-state index contributed by atoms with van der Waals surface area (Å²) in [6.45, 7) is 6.81. The molecule has 0 radical (unpaired) electrons. The Kier molecular flexibility index (Phi) is 6.51. The maximum Gasteiger partial charge on any atom is 0.266 e. The largest absolute Gasteiger partial charge is 0.343 e. The van der Waals surface area contributed by atoms with Gasteiger partial charge in [-0.15, -0.1) is 0 Å². The van der Waals surface area contributed by atoms with Crippen LogP contribution in [0.5, 0.6) is 0 Å². The molecule has 0 aliphatic carbocycles. The van der Waals surface area contributed by atoms with Crippen LogP contribution in [0.4, 0.5) is 5.69 Å². The highest BCUT2D eigenvalue weighted by molar-refractivity contribution is 8.26. The quantitative estimate of drug-likeness (QED) is 0.399. The number of carbonyl (C=O) groups excluding carboxylic acids is 1. The number of thioether (sulfide) groups is 1. The number of amides is 1. The normalized spacial score (nSPS) is 23.0. The summed E-state index contributed by atoms with van der Waals surface area (Å²) in [4.78, 5) is 21.8. The average Bonchev–Trinajstić information content (AvgIpc) is 2.98. The molecular weight excluding hydrogens is 446 g/mol. The fraction of sp³-hybridized carbons (Fsp3) is 0.292. The van der Waals surface area contributed by atoms with Crippen molar-refractivity contribution in [2.45, 2.75) is 39.8 Å². The first kappa shape index (κ1) is 22.1. The number of thiocarbonyl (C=S) groups is 1. The van der Waals surface area contributed by atoms with E-state index in [1.807, 2.05) is 25.1 Å². The van der Waals surface area contributed by atoms with E-state index in [4.69, 9.17) is 23.8 Å². The molecule has 0 bridgehead atoms. The summed E-state index contributed by atoms with van der Waals surface area (Å²) in [5.74, 6) is 0.167. The molecule has 31 heavy (non-hydrogen) atoms. The number of pyridine rings is 1. The monoisotopic (exact) mass is 469 g/mol. The smallest absolute Gasteiger partial charge is 0.266 e. The van der Waals surface area contributed by atoms with Crippen molar-refractivity contribution in [1.29, 1.82) is 0 Å².